The van der Waals surface area contributed by atoms with E-state index in [4.69, 9.17) is 20.9 Å². The van der Waals surface area contributed by atoms with Crippen LogP contribution in [-0.2, 0) is 12.8 Å². The first-order valence-corrected chi connectivity index (χ1v) is 8.36. The van der Waals surface area contributed by atoms with Gasteiger partial charge in [0.1, 0.15) is 5.82 Å². The summed E-state index contributed by atoms with van der Waals surface area (Å²) in [6, 6.07) is 16.1. The molecule has 0 atom stereocenters. The zero-order valence-electron chi connectivity index (χ0n) is 14.7. The molecule has 0 fully saturated rings. The Morgan fingerprint density at radius 1 is 0.962 bits per heavy atom. The van der Waals surface area contributed by atoms with Crippen LogP contribution in [0.25, 0.3) is 0 Å². The highest BCUT2D eigenvalue weighted by molar-refractivity contribution is 5.48. The Kier molecular flexibility index (Phi) is 5.53. The molecular weight excluding hydrogens is 328 g/mol. The fraction of sp³-hybridized carbons (Fsp3) is 0.200. The topological polar surface area (TPSA) is 96.3 Å². The van der Waals surface area contributed by atoms with Crippen molar-refractivity contribution in [2.45, 2.75) is 12.8 Å². The molecule has 6 nitrogen and oxygen atoms in total. The first-order chi connectivity index (χ1) is 12.7. The van der Waals surface area contributed by atoms with Gasteiger partial charge in [-0.2, -0.15) is 4.98 Å². The molecule has 0 aliphatic carbocycles. The minimum absolute atomic E-state index is 0.172. The highest BCUT2D eigenvalue weighted by Crippen LogP contribution is 2.29. The minimum atomic E-state index is 0.172. The second kappa shape index (κ2) is 8.20. The van der Waals surface area contributed by atoms with Gasteiger partial charge in [0.15, 0.2) is 11.5 Å². The molecule has 0 bridgehead atoms. The van der Waals surface area contributed by atoms with Gasteiger partial charge in [-0.3, -0.25) is 0 Å². The summed E-state index contributed by atoms with van der Waals surface area (Å²) in [5, 5.41) is 0. The van der Waals surface area contributed by atoms with Crippen LogP contribution in [0.15, 0.2) is 54.7 Å². The van der Waals surface area contributed by atoms with Crippen molar-refractivity contribution in [3.63, 3.8) is 0 Å². The van der Waals surface area contributed by atoms with E-state index in [-0.39, 0.29) is 5.95 Å². The van der Waals surface area contributed by atoms with Crippen LogP contribution in [0.1, 0.15) is 16.7 Å². The number of aromatic nitrogens is 2. The number of nitrogen functional groups attached to an aromatic ring is 2. The van der Waals surface area contributed by atoms with E-state index in [9.17, 15) is 0 Å². The van der Waals surface area contributed by atoms with Crippen LogP contribution in [0.3, 0.4) is 0 Å². The molecule has 2 aromatic carbocycles. The molecule has 0 aliphatic heterocycles. The van der Waals surface area contributed by atoms with Crippen LogP contribution in [-0.4, -0.2) is 23.7 Å². The SMILES string of the molecule is COc1cc(Cc2cnc(N)nc2N)ccc1OCCc1ccccc1. The lowest BCUT2D eigenvalue weighted by Crippen LogP contribution is -2.05. The molecule has 1 heterocycles. The Hall–Kier alpha value is -3.28. The van der Waals surface area contributed by atoms with Crippen molar-refractivity contribution in [1.82, 2.24) is 9.97 Å². The smallest absolute Gasteiger partial charge is 0.221 e. The fourth-order valence-electron chi connectivity index (χ4n) is 2.66. The normalized spacial score (nSPS) is 10.5. The van der Waals surface area contributed by atoms with Crippen molar-refractivity contribution < 1.29 is 9.47 Å². The summed E-state index contributed by atoms with van der Waals surface area (Å²) in [6.45, 7) is 0.582. The van der Waals surface area contributed by atoms with Crippen LogP contribution < -0.4 is 20.9 Å². The van der Waals surface area contributed by atoms with E-state index >= 15 is 0 Å². The van der Waals surface area contributed by atoms with Gasteiger partial charge in [-0.1, -0.05) is 36.4 Å². The quantitative estimate of drug-likeness (QED) is 0.680. The number of hydrogen-bond acceptors (Lipinski definition) is 6. The van der Waals surface area contributed by atoms with Crippen LogP contribution >= 0.6 is 0 Å². The first-order valence-electron chi connectivity index (χ1n) is 8.36. The van der Waals surface area contributed by atoms with Crippen LogP contribution in [0.4, 0.5) is 11.8 Å². The predicted octanol–water partition coefficient (Wildman–Crippen LogP) is 2.86. The van der Waals surface area contributed by atoms with E-state index < -0.39 is 0 Å². The Balaban J connectivity index is 1.67. The third kappa shape index (κ3) is 4.42. The standard InChI is InChI=1S/C20H22N4O2/c1-25-18-12-15(11-16-13-23-20(22)24-19(16)21)7-8-17(18)26-10-9-14-5-3-2-4-6-14/h2-8,12-13H,9-11H2,1H3,(H4,21,22,23,24). The molecule has 0 spiro atoms. The lowest BCUT2D eigenvalue weighted by atomic mass is 10.1. The number of methoxy groups -OCH3 is 1. The van der Waals surface area contributed by atoms with Gasteiger partial charge in [0.2, 0.25) is 5.95 Å². The number of nitrogens with zero attached hydrogens (tertiary/aromatic N) is 2. The second-order valence-corrected chi connectivity index (χ2v) is 5.88. The van der Waals surface area contributed by atoms with E-state index in [1.54, 1.807) is 13.3 Å². The van der Waals surface area contributed by atoms with Crippen molar-refractivity contribution in [2.75, 3.05) is 25.2 Å². The van der Waals surface area contributed by atoms with Gasteiger partial charge in [-0.15, -0.1) is 0 Å². The highest BCUT2D eigenvalue weighted by atomic mass is 16.5. The number of ether oxygens (including phenoxy) is 2. The van der Waals surface area contributed by atoms with E-state index in [1.165, 1.54) is 5.56 Å². The van der Waals surface area contributed by atoms with Gasteiger partial charge in [0, 0.05) is 24.6 Å². The minimum Gasteiger partial charge on any atom is -0.493 e. The van der Waals surface area contributed by atoms with Crippen molar-refractivity contribution in [3.05, 3.63) is 71.4 Å². The van der Waals surface area contributed by atoms with Gasteiger partial charge in [0.05, 0.1) is 13.7 Å². The van der Waals surface area contributed by atoms with Crippen LogP contribution in [0, 0.1) is 0 Å². The van der Waals surface area contributed by atoms with E-state index in [1.807, 2.05) is 36.4 Å². The first kappa shape index (κ1) is 17.5. The summed E-state index contributed by atoms with van der Waals surface area (Å²) >= 11 is 0. The van der Waals surface area contributed by atoms with Gasteiger partial charge in [-0.25, -0.2) is 4.98 Å². The monoisotopic (exact) mass is 350 g/mol. The van der Waals surface area contributed by atoms with Crippen molar-refractivity contribution in [2.24, 2.45) is 0 Å². The number of hydrogen-bond donors (Lipinski definition) is 2. The molecule has 6 heteroatoms. The molecule has 1 aromatic heterocycles. The van der Waals surface area contributed by atoms with Crippen LogP contribution in [0.2, 0.25) is 0 Å². The lowest BCUT2D eigenvalue weighted by molar-refractivity contribution is 0.297. The number of rotatable bonds is 7. The summed E-state index contributed by atoms with van der Waals surface area (Å²) in [4.78, 5) is 7.98. The average molecular weight is 350 g/mol. The molecule has 0 amide bonds. The van der Waals surface area contributed by atoms with Gasteiger partial charge >= 0.3 is 0 Å². The summed E-state index contributed by atoms with van der Waals surface area (Å²) in [6.07, 6.45) is 3.08. The number of nitrogens with two attached hydrogens (primary N) is 2. The van der Waals surface area contributed by atoms with E-state index in [2.05, 4.69) is 22.1 Å². The molecule has 3 rings (SSSR count). The average Bonchev–Trinajstić information content (AvgIpc) is 2.66. The van der Waals surface area contributed by atoms with E-state index in [0.717, 1.165) is 17.5 Å². The predicted molar refractivity (Wildman–Crippen MR) is 102 cm³/mol. The molecule has 0 saturated carbocycles. The highest BCUT2D eigenvalue weighted by Gasteiger charge is 2.09. The molecule has 3 aromatic rings. The second-order valence-electron chi connectivity index (χ2n) is 5.88. The maximum Gasteiger partial charge on any atom is 0.221 e. The zero-order chi connectivity index (χ0) is 18.4. The van der Waals surface area contributed by atoms with Crippen molar-refractivity contribution in [1.29, 1.82) is 0 Å². The Labute approximate surface area is 152 Å². The maximum atomic E-state index is 5.90. The van der Waals surface area contributed by atoms with Crippen molar-refractivity contribution >= 4 is 11.8 Å². The summed E-state index contributed by atoms with van der Waals surface area (Å²) in [7, 11) is 1.63. The van der Waals surface area contributed by atoms with Gasteiger partial charge in [-0.05, 0) is 23.3 Å². The molecule has 0 radical (unpaired) electrons. The largest absolute Gasteiger partial charge is 0.493 e. The molecule has 26 heavy (non-hydrogen) atoms. The maximum absolute atomic E-state index is 5.90. The van der Waals surface area contributed by atoms with Crippen LogP contribution in [0.5, 0.6) is 11.5 Å². The molecule has 4 N–H and O–H groups in total. The third-order valence-electron chi connectivity index (χ3n) is 4.03. The fourth-order valence-corrected chi connectivity index (χ4v) is 2.66. The van der Waals surface area contributed by atoms with E-state index in [0.29, 0.717) is 30.3 Å². The summed E-state index contributed by atoms with van der Waals surface area (Å²) in [5.41, 5.74) is 14.5. The molecular formula is C20H22N4O2. The number of anilines is 2. The Morgan fingerprint density at radius 2 is 1.77 bits per heavy atom. The molecule has 134 valence electrons. The molecule has 0 aliphatic rings. The van der Waals surface area contributed by atoms with Crippen molar-refractivity contribution in [3.8, 4) is 11.5 Å². The Bertz CT molecular complexity index is 869. The number of benzene rings is 2. The third-order valence-corrected chi connectivity index (χ3v) is 4.03. The van der Waals surface area contributed by atoms with Gasteiger partial charge < -0.3 is 20.9 Å². The lowest BCUT2D eigenvalue weighted by Gasteiger charge is -2.13. The zero-order valence-corrected chi connectivity index (χ0v) is 14.7. The van der Waals surface area contributed by atoms with Gasteiger partial charge in [0.25, 0.3) is 0 Å². The summed E-state index contributed by atoms with van der Waals surface area (Å²) < 4.78 is 11.4. The Morgan fingerprint density at radius 3 is 2.50 bits per heavy atom. The molecule has 0 unspecified atom stereocenters. The molecule has 0 saturated heterocycles. The summed E-state index contributed by atoms with van der Waals surface area (Å²) in [5.74, 6) is 1.96.